The van der Waals surface area contributed by atoms with Crippen molar-refractivity contribution in [1.29, 1.82) is 0 Å². The Labute approximate surface area is 152 Å². The van der Waals surface area contributed by atoms with Crippen LogP contribution in [0.15, 0.2) is 66.7 Å². The van der Waals surface area contributed by atoms with Crippen LogP contribution in [0, 0.1) is 0 Å². The lowest BCUT2D eigenvalue weighted by molar-refractivity contribution is 0.0319. The smallest absolute Gasteiger partial charge is 0.338 e. The molecule has 0 aromatic heterocycles. The molecule has 0 aliphatic carbocycles. The highest BCUT2D eigenvalue weighted by Crippen LogP contribution is 2.18. The van der Waals surface area contributed by atoms with Gasteiger partial charge < -0.3 is 9.47 Å². The first kappa shape index (κ1) is 17.7. The zero-order valence-electron chi connectivity index (χ0n) is 14.8. The quantitative estimate of drug-likeness (QED) is 0.480. The molecule has 0 saturated heterocycles. The van der Waals surface area contributed by atoms with E-state index in [1.54, 1.807) is 43.3 Å². The minimum absolute atomic E-state index is 0.248. The van der Waals surface area contributed by atoms with Crippen molar-refractivity contribution in [2.75, 3.05) is 6.61 Å². The first-order valence-electron chi connectivity index (χ1n) is 8.55. The zero-order chi connectivity index (χ0) is 18.5. The van der Waals surface area contributed by atoms with Crippen molar-refractivity contribution in [3.8, 4) is 5.75 Å². The van der Waals surface area contributed by atoms with Gasteiger partial charge >= 0.3 is 5.97 Å². The van der Waals surface area contributed by atoms with Crippen LogP contribution in [0.5, 0.6) is 5.75 Å². The summed E-state index contributed by atoms with van der Waals surface area (Å²) in [5.74, 6) is -0.0606. The third-order valence-corrected chi connectivity index (χ3v) is 4.09. The van der Waals surface area contributed by atoms with Crippen LogP contribution in [0.3, 0.4) is 0 Å². The Balaban J connectivity index is 1.70. The summed E-state index contributed by atoms with van der Waals surface area (Å²) < 4.78 is 10.7. The molecule has 3 aromatic carbocycles. The summed E-state index contributed by atoms with van der Waals surface area (Å²) in [6, 6.07) is 19.9. The Morgan fingerprint density at radius 2 is 1.54 bits per heavy atom. The number of carbonyl (C=O) groups excluding carboxylic acids is 2. The molecule has 4 heteroatoms. The molecule has 0 spiro atoms. The highest BCUT2D eigenvalue weighted by molar-refractivity contribution is 6.02. The Kier molecular flexibility index (Phi) is 5.32. The lowest BCUT2D eigenvalue weighted by Crippen LogP contribution is -2.24. The molecule has 0 amide bonds. The van der Waals surface area contributed by atoms with Crippen LogP contribution < -0.4 is 4.74 Å². The van der Waals surface area contributed by atoms with Crippen LogP contribution in [0.4, 0.5) is 0 Å². The van der Waals surface area contributed by atoms with Crippen molar-refractivity contribution in [3.63, 3.8) is 0 Å². The molecule has 0 bridgehead atoms. The number of carbonyl (C=O) groups is 2. The average molecular weight is 348 g/mol. The molecule has 132 valence electrons. The van der Waals surface area contributed by atoms with E-state index in [-0.39, 0.29) is 5.78 Å². The summed E-state index contributed by atoms with van der Waals surface area (Å²) in [6.07, 6.45) is -0.869. The van der Waals surface area contributed by atoms with Gasteiger partial charge in [0.05, 0.1) is 12.2 Å². The van der Waals surface area contributed by atoms with Crippen LogP contribution in [-0.4, -0.2) is 24.5 Å². The van der Waals surface area contributed by atoms with Gasteiger partial charge in [-0.2, -0.15) is 0 Å². The minimum atomic E-state index is -0.869. The second kappa shape index (κ2) is 7.83. The number of Topliss-reactive ketones (excluding diaryl/α,β-unsaturated/α-hetero) is 1. The molecule has 0 aliphatic rings. The summed E-state index contributed by atoms with van der Waals surface area (Å²) in [5.41, 5.74) is 0.905. The Morgan fingerprint density at radius 1 is 0.885 bits per heavy atom. The first-order valence-corrected chi connectivity index (χ1v) is 8.55. The molecular formula is C22H20O4. The number of ether oxygens (including phenoxy) is 2. The summed E-state index contributed by atoms with van der Waals surface area (Å²) in [4.78, 5) is 24.9. The van der Waals surface area contributed by atoms with Crippen LogP contribution in [-0.2, 0) is 4.74 Å². The van der Waals surface area contributed by atoms with Gasteiger partial charge in [-0.05, 0) is 61.0 Å². The van der Waals surface area contributed by atoms with E-state index in [1.165, 1.54) is 0 Å². The second-order valence-electron chi connectivity index (χ2n) is 5.93. The highest BCUT2D eigenvalue weighted by Gasteiger charge is 2.20. The lowest BCUT2D eigenvalue weighted by Gasteiger charge is -2.13. The van der Waals surface area contributed by atoms with Gasteiger partial charge in [-0.1, -0.05) is 30.3 Å². The second-order valence-corrected chi connectivity index (χ2v) is 5.93. The number of rotatable bonds is 6. The fourth-order valence-corrected chi connectivity index (χ4v) is 2.72. The third kappa shape index (κ3) is 3.91. The number of ketones is 1. The monoisotopic (exact) mass is 348 g/mol. The third-order valence-electron chi connectivity index (χ3n) is 4.09. The Hall–Kier alpha value is -3.14. The van der Waals surface area contributed by atoms with E-state index in [1.807, 2.05) is 37.3 Å². The minimum Gasteiger partial charge on any atom is -0.494 e. The molecule has 1 atom stereocenters. The van der Waals surface area contributed by atoms with E-state index in [0.717, 1.165) is 10.8 Å². The van der Waals surface area contributed by atoms with Gasteiger partial charge in [-0.15, -0.1) is 0 Å². The summed E-state index contributed by atoms with van der Waals surface area (Å²) in [6.45, 7) is 4.04. The fourth-order valence-electron chi connectivity index (χ4n) is 2.72. The lowest BCUT2D eigenvalue weighted by atomic mass is 10.1. The Bertz CT molecular complexity index is 928. The largest absolute Gasteiger partial charge is 0.494 e. The topological polar surface area (TPSA) is 52.6 Å². The number of hydrogen-bond donors (Lipinski definition) is 0. The number of fused-ring (bicyclic) bond motifs is 1. The van der Waals surface area contributed by atoms with Gasteiger partial charge in [0.25, 0.3) is 0 Å². The molecule has 3 aromatic rings. The molecule has 3 rings (SSSR count). The van der Waals surface area contributed by atoms with Gasteiger partial charge in [-0.3, -0.25) is 4.79 Å². The predicted molar refractivity (Wildman–Crippen MR) is 101 cm³/mol. The maximum absolute atomic E-state index is 12.5. The van der Waals surface area contributed by atoms with E-state index in [0.29, 0.717) is 23.5 Å². The normalized spacial score (nSPS) is 11.8. The molecule has 0 aliphatic heterocycles. The van der Waals surface area contributed by atoms with Crippen LogP contribution in [0.25, 0.3) is 10.8 Å². The summed E-state index contributed by atoms with van der Waals surface area (Å²) in [7, 11) is 0. The zero-order valence-corrected chi connectivity index (χ0v) is 14.8. The van der Waals surface area contributed by atoms with E-state index in [9.17, 15) is 9.59 Å². The molecule has 0 fully saturated rings. The molecule has 26 heavy (non-hydrogen) atoms. The van der Waals surface area contributed by atoms with Crippen molar-refractivity contribution in [3.05, 3.63) is 77.9 Å². The molecule has 0 unspecified atom stereocenters. The predicted octanol–water partition coefficient (Wildman–Crippen LogP) is 4.67. The molecular weight excluding hydrogens is 328 g/mol. The fraction of sp³-hybridized carbons (Fsp3) is 0.182. The molecule has 0 saturated carbocycles. The van der Waals surface area contributed by atoms with Crippen molar-refractivity contribution in [2.24, 2.45) is 0 Å². The Morgan fingerprint density at radius 3 is 2.23 bits per heavy atom. The van der Waals surface area contributed by atoms with Crippen molar-refractivity contribution < 1.29 is 19.1 Å². The van der Waals surface area contributed by atoms with Gasteiger partial charge in [-0.25, -0.2) is 4.79 Å². The van der Waals surface area contributed by atoms with Crippen molar-refractivity contribution in [2.45, 2.75) is 20.0 Å². The SMILES string of the molecule is CCOc1ccc(C(=O)[C@H](C)OC(=O)c2ccc3ccccc3c2)cc1. The van der Waals surface area contributed by atoms with Gasteiger partial charge in [0.1, 0.15) is 5.75 Å². The van der Waals surface area contributed by atoms with Gasteiger partial charge in [0, 0.05) is 5.56 Å². The average Bonchev–Trinajstić information content (AvgIpc) is 2.67. The summed E-state index contributed by atoms with van der Waals surface area (Å²) in [5, 5.41) is 2.00. The maximum atomic E-state index is 12.5. The van der Waals surface area contributed by atoms with Crippen LogP contribution in [0.2, 0.25) is 0 Å². The molecule has 0 N–H and O–H groups in total. The van der Waals surface area contributed by atoms with Gasteiger partial charge in [0.2, 0.25) is 5.78 Å². The van der Waals surface area contributed by atoms with Crippen LogP contribution >= 0.6 is 0 Å². The molecule has 4 nitrogen and oxygen atoms in total. The molecule has 0 radical (unpaired) electrons. The summed E-state index contributed by atoms with van der Waals surface area (Å²) >= 11 is 0. The number of benzene rings is 3. The van der Waals surface area contributed by atoms with E-state index >= 15 is 0 Å². The van der Waals surface area contributed by atoms with Crippen molar-refractivity contribution in [1.82, 2.24) is 0 Å². The van der Waals surface area contributed by atoms with E-state index < -0.39 is 12.1 Å². The first-order chi connectivity index (χ1) is 12.6. The number of hydrogen-bond acceptors (Lipinski definition) is 4. The standard InChI is InChI=1S/C22H20O4/c1-3-25-20-12-10-17(11-13-20)21(23)15(2)26-22(24)19-9-8-16-6-4-5-7-18(16)14-19/h4-15H,3H2,1-2H3/t15-/m0/s1. The highest BCUT2D eigenvalue weighted by atomic mass is 16.5. The van der Waals surface area contributed by atoms with Crippen molar-refractivity contribution >= 4 is 22.5 Å². The maximum Gasteiger partial charge on any atom is 0.338 e. The number of esters is 1. The van der Waals surface area contributed by atoms with Crippen LogP contribution in [0.1, 0.15) is 34.6 Å². The van der Waals surface area contributed by atoms with E-state index in [2.05, 4.69) is 0 Å². The van der Waals surface area contributed by atoms with E-state index in [4.69, 9.17) is 9.47 Å². The molecule has 0 heterocycles. The van der Waals surface area contributed by atoms with Gasteiger partial charge in [0.15, 0.2) is 6.10 Å².